The quantitative estimate of drug-likeness (QED) is 0.826. The first-order valence-electron chi connectivity index (χ1n) is 6.15. The van der Waals surface area contributed by atoms with E-state index in [1.165, 1.54) is 0 Å². The SMILES string of the molecule is CCC(CC)C(N)c1cccc(OC)c1OC. The number of rotatable bonds is 6. The van der Waals surface area contributed by atoms with Crippen molar-refractivity contribution in [3.8, 4) is 11.5 Å². The number of hydrogen-bond donors (Lipinski definition) is 1. The average Bonchev–Trinajstić information content (AvgIpc) is 2.38. The van der Waals surface area contributed by atoms with Gasteiger partial charge in [-0.15, -0.1) is 0 Å². The third-order valence-electron chi connectivity index (χ3n) is 3.35. The highest BCUT2D eigenvalue weighted by atomic mass is 16.5. The Hall–Kier alpha value is -1.22. The number of hydrogen-bond acceptors (Lipinski definition) is 3. The first kappa shape index (κ1) is 13.8. The maximum absolute atomic E-state index is 6.32. The fraction of sp³-hybridized carbons (Fsp3) is 0.571. The number of benzene rings is 1. The number of methoxy groups -OCH3 is 2. The molecule has 0 aliphatic heterocycles. The van der Waals surface area contributed by atoms with E-state index in [9.17, 15) is 0 Å². The van der Waals surface area contributed by atoms with Gasteiger partial charge < -0.3 is 15.2 Å². The molecule has 0 aromatic heterocycles. The van der Waals surface area contributed by atoms with E-state index in [4.69, 9.17) is 15.2 Å². The molecule has 0 spiro atoms. The van der Waals surface area contributed by atoms with Gasteiger partial charge in [0, 0.05) is 11.6 Å². The van der Waals surface area contributed by atoms with Gasteiger partial charge in [-0.1, -0.05) is 38.8 Å². The van der Waals surface area contributed by atoms with E-state index in [-0.39, 0.29) is 6.04 Å². The van der Waals surface area contributed by atoms with Crippen molar-refractivity contribution < 1.29 is 9.47 Å². The molecule has 0 saturated carbocycles. The summed E-state index contributed by atoms with van der Waals surface area (Å²) in [5.41, 5.74) is 7.35. The Kier molecular flexibility index (Phi) is 5.29. The fourth-order valence-electron chi connectivity index (χ4n) is 2.22. The molecule has 3 heteroatoms. The molecular formula is C14H23NO2. The summed E-state index contributed by atoms with van der Waals surface area (Å²) >= 11 is 0. The minimum atomic E-state index is -0.00458. The Balaban J connectivity index is 3.11. The number of nitrogens with two attached hydrogens (primary N) is 1. The van der Waals surface area contributed by atoms with Gasteiger partial charge in [-0.25, -0.2) is 0 Å². The fourth-order valence-corrected chi connectivity index (χ4v) is 2.22. The Morgan fingerprint density at radius 2 is 1.76 bits per heavy atom. The van der Waals surface area contributed by atoms with Crippen molar-refractivity contribution >= 4 is 0 Å². The van der Waals surface area contributed by atoms with Crippen LogP contribution in [-0.2, 0) is 0 Å². The number of ether oxygens (including phenoxy) is 2. The molecule has 1 aromatic carbocycles. The Morgan fingerprint density at radius 1 is 1.12 bits per heavy atom. The van der Waals surface area contributed by atoms with Crippen LogP contribution in [0.4, 0.5) is 0 Å². The molecule has 1 aromatic rings. The molecule has 0 bridgehead atoms. The number of para-hydroxylation sites is 1. The van der Waals surface area contributed by atoms with Crippen molar-refractivity contribution in [2.75, 3.05) is 14.2 Å². The normalized spacial score (nSPS) is 12.6. The van der Waals surface area contributed by atoms with E-state index in [0.29, 0.717) is 5.92 Å². The standard InChI is InChI=1S/C14H23NO2/c1-5-10(6-2)13(15)11-8-7-9-12(16-3)14(11)17-4/h7-10,13H,5-6,15H2,1-4H3. The smallest absolute Gasteiger partial charge is 0.165 e. The zero-order chi connectivity index (χ0) is 12.8. The van der Waals surface area contributed by atoms with Crippen molar-refractivity contribution in [3.05, 3.63) is 23.8 Å². The highest BCUT2D eigenvalue weighted by molar-refractivity contribution is 5.48. The van der Waals surface area contributed by atoms with Gasteiger partial charge in [-0.3, -0.25) is 0 Å². The van der Waals surface area contributed by atoms with Crippen molar-refractivity contribution in [3.63, 3.8) is 0 Å². The molecule has 96 valence electrons. The lowest BCUT2D eigenvalue weighted by molar-refractivity contribution is 0.337. The van der Waals surface area contributed by atoms with Crippen molar-refractivity contribution in [1.82, 2.24) is 0 Å². The van der Waals surface area contributed by atoms with Crippen LogP contribution in [0.5, 0.6) is 11.5 Å². The zero-order valence-electron chi connectivity index (χ0n) is 11.2. The molecule has 1 unspecified atom stereocenters. The molecule has 0 aliphatic carbocycles. The van der Waals surface area contributed by atoms with E-state index >= 15 is 0 Å². The molecular weight excluding hydrogens is 214 g/mol. The molecule has 1 atom stereocenters. The second-order valence-electron chi connectivity index (χ2n) is 4.19. The third-order valence-corrected chi connectivity index (χ3v) is 3.35. The molecule has 1 rings (SSSR count). The lowest BCUT2D eigenvalue weighted by Crippen LogP contribution is -2.21. The first-order chi connectivity index (χ1) is 8.19. The summed E-state index contributed by atoms with van der Waals surface area (Å²) in [6.07, 6.45) is 2.13. The summed E-state index contributed by atoms with van der Waals surface area (Å²) in [6, 6.07) is 5.86. The summed E-state index contributed by atoms with van der Waals surface area (Å²) in [7, 11) is 3.30. The molecule has 0 fully saturated rings. The van der Waals surface area contributed by atoms with Crippen LogP contribution in [-0.4, -0.2) is 14.2 Å². The minimum Gasteiger partial charge on any atom is -0.493 e. The van der Waals surface area contributed by atoms with Crippen molar-refractivity contribution in [2.24, 2.45) is 11.7 Å². The predicted molar refractivity (Wildman–Crippen MR) is 70.5 cm³/mol. The second-order valence-corrected chi connectivity index (χ2v) is 4.19. The van der Waals surface area contributed by atoms with Crippen molar-refractivity contribution in [2.45, 2.75) is 32.7 Å². The Bertz CT molecular complexity index is 348. The molecule has 17 heavy (non-hydrogen) atoms. The first-order valence-corrected chi connectivity index (χ1v) is 6.15. The van der Waals surface area contributed by atoms with E-state index in [1.54, 1.807) is 14.2 Å². The van der Waals surface area contributed by atoms with Gasteiger partial charge in [0.25, 0.3) is 0 Å². The second kappa shape index (κ2) is 6.50. The summed E-state index contributed by atoms with van der Waals surface area (Å²) in [6.45, 7) is 4.33. The van der Waals surface area contributed by atoms with Crippen LogP contribution in [0.25, 0.3) is 0 Å². The van der Waals surface area contributed by atoms with Crippen LogP contribution in [0.1, 0.15) is 38.3 Å². The minimum absolute atomic E-state index is 0.00458. The summed E-state index contributed by atoms with van der Waals surface area (Å²) in [5.74, 6) is 1.97. The monoisotopic (exact) mass is 237 g/mol. The molecule has 0 heterocycles. The maximum Gasteiger partial charge on any atom is 0.165 e. The van der Waals surface area contributed by atoms with Crippen LogP contribution < -0.4 is 15.2 Å². The molecule has 0 amide bonds. The van der Waals surface area contributed by atoms with Crippen LogP contribution in [0, 0.1) is 5.92 Å². The van der Waals surface area contributed by atoms with E-state index in [1.807, 2.05) is 18.2 Å². The topological polar surface area (TPSA) is 44.5 Å². The lowest BCUT2D eigenvalue weighted by atomic mass is 9.89. The molecule has 3 nitrogen and oxygen atoms in total. The molecule has 2 N–H and O–H groups in total. The van der Waals surface area contributed by atoms with Gasteiger partial charge in [0.05, 0.1) is 14.2 Å². The van der Waals surface area contributed by atoms with Gasteiger partial charge in [-0.05, 0) is 12.0 Å². The van der Waals surface area contributed by atoms with Gasteiger partial charge in [-0.2, -0.15) is 0 Å². The Morgan fingerprint density at radius 3 is 2.24 bits per heavy atom. The Labute approximate surface area is 104 Å². The van der Waals surface area contributed by atoms with E-state index in [2.05, 4.69) is 13.8 Å². The zero-order valence-corrected chi connectivity index (χ0v) is 11.2. The largest absolute Gasteiger partial charge is 0.493 e. The van der Waals surface area contributed by atoms with Gasteiger partial charge in [0.2, 0.25) is 0 Å². The summed E-state index contributed by atoms with van der Waals surface area (Å²) in [4.78, 5) is 0. The van der Waals surface area contributed by atoms with E-state index in [0.717, 1.165) is 29.9 Å². The van der Waals surface area contributed by atoms with Gasteiger partial charge >= 0.3 is 0 Å². The summed E-state index contributed by atoms with van der Waals surface area (Å²) in [5, 5.41) is 0. The highest BCUT2D eigenvalue weighted by Crippen LogP contribution is 2.37. The lowest BCUT2D eigenvalue weighted by Gasteiger charge is -2.24. The molecule has 0 radical (unpaired) electrons. The predicted octanol–water partition coefficient (Wildman–Crippen LogP) is 3.14. The van der Waals surface area contributed by atoms with Gasteiger partial charge in [0.1, 0.15) is 0 Å². The van der Waals surface area contributed by atoms with Crippen LogP contribution in [0.2, 0.25) is 0 Å². The summed E-state index contributed by atoms with van der Waals surface area (Å²) < 4.78 is 10.7. The third kappa shape index (κ3) is 2.91. The van der Waals surface area contributed by atoms with E-state index < -0.39 is 0 Å². The molecule has 0 saturated heterocycles. The maximum atomic E-state index is 6.32. The van der Waals surface area contributed by atoms with Crippen LogP contribution >= 0.6 is 0 Å². The average molecular weight is 237 g/mol. The van der Waals surface area contributed by atoms with Crippen LogP contribution in [0.15, 0.2) is 18.2 Å². The van der Waals surface area contributed by atoms with Gasteiger partial charge in [0.15, 0.2) is 11.5 Å². The highest BCUT2D eigenvalue weighted by Gasteiger charge is 2.21. The molecule has 0 aliphatic rings. The van der Waals surface area contributed by atoms with Crippen LogP contribution in [0.3, 0.4) is 0 Å². The van der Waals surface area contributed by atoms with Crippen molar-refractivity contribution in [1.29, 1.82) is 0 Å².